The third-order valence-corrected chi connectivity index (χ3v) is 3.88. The number of alkyl halides is 3. The van der Waals surface area contributed by atoms with Gasteiger partial charge in [-0.3, -0.25) is 14.2 Å². The molecule has 3 rings (SSSR count). The van der Waals surface area contributed by atoms with Crippen LogP contribution >= 0.6 is 0 Å². The van der Waals surface area contributed by atoms with E-state index in [0.717, 1.165) is 12.3 Å². The van der Waals surface area contributed by atoms with Crippen LogP contribution in [0.4, 0.5) is 18.9 Å². The van der Waals surface area contributed by atoms with Crippen molar-refractivity contribution in [3.05, 3.63) is 70.1 Å². The van der Waals surface area contributed by atoms with Crippen molar-refractivity contribution < 1.29 is 18.0 Å². The second kappa shape index (κ2) is 6.62. The molecule has 0 aliphatic rings. The minimum Gasteiger partial charge on any atom is -0.325 e. The Morgan fingerprint density at radius 2 is 1.92 bits per heavy atom. The van der Waals surface area contributed by atoms with E-state index < -0.39 is 23.2 Å². The van der Waals surface area contributed by atoms with Crippen LogP contribution in [0.15, 0.2) is 53.5 Å². The summed E-state index contributed by atoms with van der Waals surface area (Å²) in [5.41, 5.74) is -0.212. The van der Waals surface area contributed by atoms with Gasteiger partial charge in [-0.15, -0.1) is 0 Å². The molecular formula is C18H14F3N3O2. The third-order valence-electron chi connectivity index (χ3n) is 3.88. The number of aromatic nitrogens is 2. The van der Waals surface area contributed by atoms with Crippen LogP contribution < -0.4 is 10.9 Å². The van der Waals surface area contributed by atoms with Gasteiger partial charge in [-0.05, 0) is 36.8 Å². The Hall–Kier alpha value is -3.16. The molecule has 1 N–H and O–H groups in total. The van der Waals surface area contributed by atoms with Crippen molar-refractivity contribution in [1.29, 1.82) is 0 Å². The zero-order valence-electron chi connectivity index (χ0n) is 13.7. The molecule has 0 atom stereocenters. The fourth-order valence-corrected chi connectivity index (χ4v) is 2.63. The topological polar surface area (TPSA) is 64.0 Å². The molecule has 0 aliphatic heterocycles. The van der Waals surface area contributed by atoms with E-state index in [9.17, 15) is 22.8 Å². The van der Waals surface area contributed by atoms with Crippen LogP contribution in [0.2, 0.25) is 0 Å². The fourth-order valence-electron chi connectivity index (χ4n) is 2.63. The molecule has 0 saturated carbocycles. The van der Waals surface area contributed by atoms with Crippen LogP contribution in [-0.4, -0.2) is 15.5 Å². The van der Waals surface area contributed by atoms with Crippen LogP contribution in [0.3, 0.4) is 0 Å². The number of halogens is 3. The highest BCUT2D eigenvalue weighted by atomic mass is 19.4. The molecule has 0 bridgehead atoms. The number of nitrogens with one attached hydrogen (secondary N) is 1. The van der Waals surface area contributed by atoms with E-state index in [2.05, 4.69) is 10.3 Å². The van der Waals surface area contributed by atoms with E-state index in [1.165, 1.54) is 23.6 Å². The Balaban J connectivity index is 1.87. The van der Waals surface area contributed by atoms with Gasteiger partial charge < -0.3 is 5.32 Å². The van der Waals surface area contributed by atoms with Crippen LogP contribution in [-0.2, 0) is 17.5 Å². The average Bonchev–Trinajstić information content (AvgIpc) is 2.58. The highest BCUT2D eigenvalue weighted by Gasteiger charge is 2.32. The van der Waals surface area contributed by atoms with E-state index in [0.29, 0.717) is 11.0 Å². The van der Waals surface area contributed by atoms with Gasteiger partial charge in [-0.2, -0.15) is 13.2 Å². The van der Waals surface area contributed by atoms with Crippen molar-refractivity contribution in [2.45, 2.75) is 19.6 Å². The molecule has 0 saturated heterocycles. The maximum absolute atomic E-state index is 13.0. The number of nitrogens with zero attached hydrogens (tertiary/aromatic N) is 2. The standard InChI is InChI=1S/C18H14F3N3O2/c1-11-6-7-12(8-13(11)18(19,20)21)23-16(25)10-24-15-5-3-2-4-14(15)22-9-17(24)26/h2-9H,10H2,1H3,(H,23,25). The molecule has 2 aromatic carbocycles. The summed E-state index contributed by atoms with van der Waals surface area (Å²) in [5.74, 6) is -0.611. The molecule has 1 amide bonds. The van der Waals surface area contributed by atoms with Crippen molar-refractivity contribution in [3.63, 3.8) is 0 Å². The number of benzene rings is 2. The van der Waals surface area contributed by atoms with Gasteiger partial charge in [0, 0.05) is 5.69 Å². The van der Waals surface area contributed by atoms with Gasteiger partial charge in [0.15, 0.2) is 0 Å². The number of amides is 1. The van der Waals surface area contributed by atoms with E-state index in [1.54, 1.807) is 24.3 Å². The lowest BCUT2D eigenvalue weighted by atomic mass is 10.1. The molecule has 5 nitrogen and oxygen atoms in total. The zero-order chi connectivity index (χ0) is 18.9. The number of rotatable bonds is 3. The first-order chi connectivity index (χ1) is 12.3. The van der Waals surface area contributed by atoms with Gasteiger partial charge in [-0.1, -0.05) is 18.2 Å². The summed E-state index contributed by atoms with van der Waals surface area (Å²) >= 11 is 0. The van der Waals surface area contributed by atoms with E-state index in [1.807, 2.05) is 0 Å². The smallest absolute Gasteiger partial charge is 0.325 e. The first-order valence-electron chi connectivity index (χ1n) is 7.68. The van der Waals surface area contributed by atoms with Crippen LogP contribution in [0.1, 0.15) is 11.1 Å². The zero-order valence-corrected chi connectivity index (χ0v) is 13.7. The summed E-state index contributed by atoms with van der Waals surface area (Å²) in [6.07, 6.45) is -3.41. The van der Waals surface area contributed by atoms with Crippen LogP contribution in [0, 0.1) is 6.92 Å². The SMILES string of the molecule is Cc1ccc(NC(=O)Cn2c(=O)cnc3ccccc32)cc1C(F)(F)F. The van der Waals surface area contributed by atoms with Crippen molar-refractivity contribution in [2.75, 3.05) is 5.32 Å². The van der Waals surface area contributed by atoms with Gasteiger partial charge >= 0.3 is 6.18 Å². The third kappa shape index (κ3) is 3.58. The summed E-state index contributed by atoms with van der Waals surface area (Å²) in [6, 6.07) is 10.3. The highest BCUT2D eigenvalue weighted by molar-refractivity contribution is 5.91. The number of carbonyl (C=O) groups is 1. The highest BCUT2D eigenvalue weighted by Crippen LogP contribution is 2.33. The number of anilines is 1. The monoisotopic (exact) mass is 361 g/mol. The van der Waals surface area contributed by atoms with Gasteiger partial charge in [0.2, 0.25) is 5.91 Å². The fraction of sp³-hybridized carbons (Fsp3) is 0.167. The largest absolute Gasteiger partial charge is 0.416 e. The van der Waals surface area contributed by atoms with Gasteiger partial charge in [0.1, 0.15) is 6.54 Å². The quantitative estimate of drug-likeness (QED) is 0.778. The first kappa shape index (κ1) is 17.7. The molecule has 0 radical (unpaired) electrons. The maximum atomic E-state index is 13.0. The summed E-state index contributed by atoms with van der Waals surface area (Å²) < 4.78 is 40.1. The molecule has 26 heavy (non-hydrogen) atoms. The lowest BCUT2D eigenvalue weighted by Gasteiger charge is -2.13. The predicted octanol–water partition coefficient (Wildman–Crippen LogP) is 3.36. The lowest BCUT2D eigenvalue weighted by Crippen LogP contribution is -2.28. The van der Waals surface area contributed by atoms with Gasteiger partial charge in [0.25, 0.3) is 5.56 Å². The summed E-state index contributed by atoms with van der Waals surface area (Å²) in [4.78, 5) is 28.3. The molecular weight excluding hydrogens is 347 g/mol. The summed E-state index contributed by atoms with van der Waals surface area (Å²) in [6.45, 7) is 1.01. The van der Waals surface area contributed by atoms with Crippen molar-refractivity contribution in [1.82, 2.24) is 9.55 Å². The molecule has 0 fully saturated rings. The van der Waals surface area contributed by atoms with Crippen LogP contribution in [0.5, 0.6) is 0 Å². The van der Waals surface area contributed by atoms with Crippen molar-refractivity contribution >= 4 is 22.6 Å². The van der Waals surface area contributed by atoms with E-state index >= 15 is 0 Å². The number of hydrogen-bond acceptors (Lipinski definition) is 3. The van der Waals surface area contributed by atoms with Crippen LogP contribution in [0.25, 0.3) is 11.0 Å². The Kier molecular flexibility index (Phi) is 4.50. The molecule has 1 heterocycles. The van der Waals surface area contributed by atoms with E-state index in [-0.39, 0.29) is 17.8 Å². The molecule has 1 aromatic heterocycles. The number of hydrogen-bond donors (Lipinski definition) is 1. The number of para-hydroxylation sites is 2. The second-order valence-electron chi connectivity index (χ2n) is 5.75. The number of aryl methyl sites for hydroxylation is 1. The molecule has 3 aromatic rings. The Labute approximate surface area is 146 Å². The molecule has 8 heteroatoms. The molecule has 0 aliphatic carbocycles. The van der Waals surface area contributed by atoms with E-state index in [4.69, 9.17) is 0 Å². The molecule has 0 unspecified atom stereocenters. The predicted molar refractivity (Wildman–Crippen MR) is 90.8 cm³/mol. The Bertz CT molecular complexity index is 1040. The summed E-state index contributed by atoms with van der Waals surface area (Å²) in [7, 11) is 0. The van der Waals surface area contributed by atoms with Gasteiger partial charge in [0.05, 0.1) is 22.8 Å². The second-order valence-corrected chi connectivity index (χ2v) is 5.75. The average molecular weight is 361 g/mol. The minimum absolute atomic E-state index is 0.0133. The van der Waals surface area contributed by atoms with Gasteiger partial charge in [-0.25, -0.2) is 4.98 Å². The van der Waals surface area contributed by atoms with Crippen molar-refractivity contribution in [2.24, 2.45) is 0 Å². The first-order valence-corrected chi connectivity index (χ1v) is 7.68. The lowest BCUT2D eigenvalue weighted by molar-refractivity contribution is -0.138. The molecule has 134 valence electrons. The normalized spacial score (nSPS) is 11.5. The summed E-state index contributed by atoms with van der Waals surface area (Å²) in [5, 5.41) is 2.40. The van der Waals surface area contributed by atoms with Crippen molar-refractivity contribution in [3.8, 4) is 0 Å². The number of fused-ring (bicyclic) bond motifs is 1. The molecule has 0 spiro atoms. The maximum Gasteiger partial charge on any atom is 0.416 e. The number of carbonyl (C=O) groups excluding carboxylic acids is 1. The Morgan fingerprint density at radius 1 is 1.19 bits per heavy atom. The Morgan fingerprint density at radius 3 is 2.65 bits per heavy atom. The minimum atomic E-state index is -4.51.